The van der Waals surface area contributed by atoms with Crippen molar-refractivity contribution in [2.75, 3.05) is 14.1 Å². The number of alkyl halides is 17. The van der Waals surface area contributed by atoms with Gasteiger partial charge in [-0.1, -0.05) is 36.4 Å². The molecule has 0 fully saturated rings. The summed E-state index contributed by atoms with van der Waals surface area (Å²) in [5, 5.41) is -7.95. The smallest absolute Gasteiger partial charge is 0.460 e. The molecular formula is C22H16F17NO3S. The molecule has 22 heteroatoms. The molecule has 0 bridgehead atoms. The Labute approximate surface area is 236 Å². The number of benzene rings is 2. The van der Waals surface area contributed by atoms with E-state index < -0.39 is 57.1 Å². The second-order valence-corrected chi connectivity index (χ2v) is 10.5. The van der Waals surface area contributed by atoms with Crippen LogP contribution in [0, 0.1) is 0 Å². The lowest BCUT2D eigenvalue weighted by Crippen LogP contribution is -2.75. The van der Waals surface area contributed by atoms with Crippen LogP contribution >= 0.6 is 0 Å². The van der Waals surface area contributed by atoms with Crippen molar-refractivity contribution < 1.29 is 87.6 Å². The summed E-state index contributed by atoms with van der Waals surface area (Å²) in [7, 11) is -3.75. The van der Waals surface area contributed by atoms with Crippen LogP contribution < -0.4 is 4.48 Å². The highest BCUT2D eigenvalue weighted by atomic mass is 32.2. The Balaban J connectivity index is 0.000000532. The van der Waals surface area contributed by atoms with E-state index in [-0.39, 0.29) is 0 Å². The van der Waals surface area contributed by atoms with Crippen LogP contribution in [0.15, 0.2) is 60.7 Å². The second-order valence-electron chi connectivity index (χ2n) is 9.04. The SMILES string of the molecule is C[N+](C)(c1ccccc1)c1ccccc1.O=S(=O)([O-])C(F)(F)C(F)(F)C(F)(F)C(F)(F)C(F)(F)C(F)(F)C(F)(F)C(F)(F)F. The van der Waals surface area contributed by atoms with Gasteiger partial charge in [0.2, 0.25) is 0 Å². The van der Waals surface area contributed by atoms with Gasteiger partial charge in [0.05, 0.1) is 14.1 Å². The maximum atomic E-state index is 13.0. The number of para-hydroxylation sites is 2. The molecule has 4 nitrogen and oxygen atoms in total. The Bertz CT molecular complexity index is 1340. The van der Waals surface area contributed by atoms with Crippen molar-refractivity contribution in [3.05, 3.63) is 60.7 Å². The zero-order valence-corrected chi connectivity index (χ0v) is 22.1. The zero-order valence-electron chi connectivity index (χ0n) is 21.3. The number of halogens is 17. The molecule has 44 heavy (non-hydrogen) atoms. The Hall–Kier alpha value is -2.88. The topological polar surface area (TPSA) is 57.2 Å². The maximum Gasteiger partial charge on any atom is 0.460 e. The zero-order chi connectivity index (χ0) is 35.2. The largest absolute Gasteiger partial charge is 0.743 e. The van der Waals surface area contributed by atoms with E-state index in [0.717, 1.165) is 4.48 Å². The Morgan fingerprint density at radius 1 is 0.477 bits per heavy atom. The quantitative estimate of drug-likeness (QED) is 0.151. The summed E-state index contributed by atoms with van der Waals surface area (Å²) < 4.78 is 245. The van der Waals surface area contributed by atoms with Gasteiger partial charge in [-0.3, -0.25) is 4.48 Å². The fourth-order valence-corrected chi connectivity index (χ4v) is 3.50. The van der Waals surface area contributed by atoms with Crippen LogP contribution in [0.25, 0.3) is 0 Å². The first kappa shape index (κ1) is 39.1. The van der Waals surface area contributed by atoms with Gasteiger partial charge >= 0.3 is 47.0 Å². The minimum absolute atomic E-state index is 0.779. The standard InChI is InChI=1S/C14H16N.C8HF17O3S/c1-15(2,13-9-5-3-6-10-13)14-11-7-4-8-12-14;9-1(10,3(13,14)5(17,18)7(21,22)23)2(11,12)4(15,16)6(19,20)8(24,25)29(26,27)28/h3-12H,1-2H3;(H,26,27,28)/q+1;/p-1. The van der Waals surface area contributed by atoms with Crippen LogP contribution in [0.2, 0.25) is 0 Å². The summed E-state index contributed by atoms with van der Waals surface area (Å²) in [6, 6.07) is 21.1. The Kier molecular flexibility index (Phi) is 10.2. The lowest BCUT2D eigenvalue weighted by atomic mass is 9.91. The molecule has 0 aliphatic heterocycles. The van der Waals surface area contributed by atoms with Crippen LogP contribution in [0.5, 0.6) is 0 Å². The van der Waals surface area contributed by atoms with E-state index in [4.69, 9.17) is 0 Å². The molecule has 0 saturated heterocycles. The first-order chi connectivity index (χ1) is 19.2. The number of nitrogens with zero attached hydrogens (tertiary/aromatic N) is 1. The molecule has 0 aliphatic rings. The van der Waals surface area contributed by atoms with Crippen molar-refractivity contribution in [3.8, 4) is 0 Å². The van der Waals surface area contributed by atoms with E-state index in [1.54, 1.807) is 0 Å². The van der Waals surface area contributed by atoms with E-state index in [9.17, 15) is 87.6 Å². The molecule has 2 rings (SSSR count). The second kappa shape index (κ2) is 11.5. The number of rotatable bonds is 9. The summed E-state index contributed by atoms with van der Waals surface area (Å²) in [5.41, 5.74) is 2.59. The predicted molar refractivity (Wildman–Crippen MR) is 117 cm³/mol. The summed E-state index contributed by atoms with van der Waals surface area (Å²) in [6.45, 7) is 0. The van der Waals surface area contributed by atoms with Gasteiger partial charge in [0.25, 0.3) is 0 Å². The molecule has 0 saturated carbocycles. The van der Waals surface area contributed by atoms with Gasteiger partial charge in [-0.15, -0.1) is 0 Å². The van der Waals surface area contributed by atoms with Gasteiger partial charge < -0.3 is 4.55 Å². The molecule has 0 N–H and O–H groups in total. The molecule has 0 aromatic heterocycles. The fraction of sp³-hybridized carbons (Fsp3) is 0.455. The van der Waals surface area contributed by atoms with Gasteiger partial charge in [0.1, 0.15) is 11.4 Å². The number of hydrogen-bond donors (Lipinski definition) is 0. The van der Waals surface area contributed by atoms with E-state index in [2.05, 4.69) is 74.8 Å². The van der Waals surface area contributed by atoms with Crippen LogP contribution in [0.4, 0.5) is 86.0 Å². The molecule has 0 aliphatic carbocycles. The molecule has 0 unspecified atom stereocenters. The van der Waals surface area contributed by atoms with Crippen molar-refractivity contribution in [1.29, 1.82) is 0 Å². The van der Waals surface area contributed by atoms with Gasteiger partial charge in [0.15, 0.2) is 10.1 Å². The van der Waals surface area contributed by atoms with E-state index >= 15 is 0 Å². The average Bonchev–Trinajstić information content (AvgIpc) is 2.88. The first-order valence-electron chi connectivity index (χ1n) is 10.8. The molecule has 0 radical (unpaired) electrons. The minimum atomic E-state index is -8.92. The van der Waals surface area contributed by atoms with Gasteiger partial charge in [0, 0.05) is 0 Å². The molecule has 0 spiro atoms. The Morgan fingerprint density at radius 3 is 0.977 bits per heavy atom. The van der Waals surface area contributed by atoms with Gasteiger partial charge in [-0.2, -0.15) is 74.6 Å². The van der Waals surface area contributed by atoms with Gasteiger partial charge in [-0.25, -0.2) is 8.42 Å². The van der Waals surface area contributed by atoms with Crippen LogP contribution in [0.1, 0.15) is 0 Å². The lowest BCUT2D eigenvalue weighted by molar-refractivity contribution is -0.458. The number of quaternary nitrogens is 1. The molecule has 0 heterocycles. The molecule has 0 amide bonds. The van der Waals surface area contributed by atoms with Gasteiger partial charge in [-0.05, 0) is 24.3 Å². The van der Waals surface area contributed by atoms with E-state index in [1.165, 1.54) is 11.4 Å². The summed E-state index contributed by atoms with van der Waals surface area (Å²) in [5.74, 6) is -52.1. The minimum Gasteiger partial charge on any atom is -0.743 e. The Morgan fingerprint density at radius 2 is 0.727 bits per heavy atom. The third kappa shape index (κ3) is 6.03. The maximum absolute atomic E-state index is 13.0. The summed E-state index contributed by atoms with van der Waals surface area (Å²) in [6.07, 6.45) is -7.89. The summed E-state index contributed by atoms with van der Waals surface area (Å²) >= 11 is 0. The van der Waals surface area contributed by atoms with Crippen molar-refractivity contribution in [3.63, 3.8) is 0 Å². The monoisotopic (exact) mass is 697 g/mol. The summed E-state index contributed by atoms with van der Waals surface area (Å²) in [4.78, 5) is 0. The highest BCUT2D eigenvalue weighted by molar-refractivity contribution is 7.86. The third-order valence-corrected chi connectivity index (χ3v) is 6.69. The lowest BCUT2D eigenvalue weighted by Gasteiger charge is -2.42. The molecular weight excluding hydrogens is 681 g/mol. The number of hydrogen-bond acceptors (Lipinski definition) is 3. The van der Waals surface area contributed by atoms with Crippen LogP contribution in [0.3, 0.4) is 0 Å². The van der Waals surface area contributed by atoms with Crippen LogP contribution in [-0.4, -0.2) is 74.0 Å². The highest BCUT2D eigenvalue weighted by Crippen LogP contribution is 2.64. The third-order valence-electron chi connectivity index (χ3n) is 5.81. The van der Waals surface area contributed by atoms with Crippen LogP contribution in [-0.2, 0) is 10.1 Å². The molecule has 0 atom stereocenters. The van der Waals surface area contributed by atoms with E-state index in [0.29, 0.717) is 0 Å². The average molecular weight is 697 g/mol. The molecule has 2 aromatic carbocycles. The van der Waals surface area contributed by atoms with Crippen molar-refractivity contribution in [2.45, 2.75) is 47.0 Å². The highest BCUT2D eigenvalue weighted by Gasteiger charge is 2.95. The molecule has 252 valence electrons. The predicted octanol–water partition coefficient (Wildman–Crippen LogP) is 8.08. The fourth-order valence-electron chi connectivity index (χ4n) is 3.06. The van der Waals surface area contributed by atoms with Crippen molar-refractivity contribution in [1.82, 2.24) is 4.48 Å². The van der Waals surface area contributed by atoms with Crippen molar-refractivity contribution in [2.24, 2.45) is 0 Å². The molecule has 2 aromatic rings. The van der Waals surface area contributed by atoms with E-state index in [1.807, 2.05) is 0 Å². The van der Waals surface area contributed by atoms with Crippen molar-refractivity contribution >= 4 is 21.5 Å². The first-order valence-corrected chi connectivity index (χ1v) is 12.2. The normalized spacial score (nSPS) is 15.0.